The van der Waals surface area contributed by atoms with Gasteiger partial charge < -0.3 is 15.2 Å². The molecule has 0 atom stereocenters. The lowest BCUT2D eigenvalue weighted by Crippen LogP contribution is -2.13. The SMILES string of the molecule is Cc1cccc2c(=O)[nH]c(CSc3nnc(-c4ccco4)n3N)nc12. The first kappa shape index (κ1) is 15.5. The molecule has 0 fully saturated rings. The molecule has 126 valence electrons. The van der Waals surface area contributed by atoms with Crippen molar-refractivity contribution in [2.24, 2.45) is 0 Å². The number of nitrogens with zero attached hydrogens (tertiary/aromatic N) is 4. The van der Waals surface area contributed by atoms with Crippen molar-refractivity contribution in [3.05, 3.63) is 58.3 Å². The van der Waals surface area contributed by atoms with Crippen molar-refractivity contribution in [1.29, 1.82) is 0 Å². The van der Waals surface area contributed by atoms with Crippen LogP contribution in [0.25, 0.3) is 22.5 Å². The fraction of sp³-hybridized carbons (Fsp3) is 0.125. The van der Waals surface area contributed by atoms with E-state index in [1.807, 2.05) is 19.1 Å². The van der Waals surface area contributed by atoms with Crippen LogP contribution in [0.4, 0.5) is 0 Å². The van der Waals surface area contributed by atoms with Gasteiger partial charge in [0.1, 0.15) is 5.82 Å². The van der Waals surface area contributed by atoms with Crippen LogP contribution < -0.4 is 11.4 Å². The molecular formula is C16H14N6O2S. The first-order chi connectivity index (χ1) is 12.1. The maximum Gasteiger partial charge on any atom is 0.258 e. The Morgan fingerprint density at radius 1 is 1.28 bits per heavy atom. The Morgan fingerprint density at radius 2 is 2.16 bits per heavy atom. The van der Waals surface area contributed by atoms with Crippen molar-refractivity contribution in [1.82, 2.24) is 24.8 Å². The fourth-order valence-corrected chi connectivity index (χ4v) is 3.23. The van der Waals surface area contributed by atoms with Crippen molar-refractivity contribution < 1.29 is 4.42 Å². The Labute approximate surface area is 146 Å². The molecule has 0 radical (unpaired) electrons. The molecule has 0 aliphatic heterocycles. The van der Waals surface area contributed by atoms with Gasteiger partial charge in [-0.3, -0.25) is 4.79 Å². The summed E-state index contributed by atoms with van der Waals surface area (Å²) in [5.74, 6) is 7.96. The number of nitrogen functional groups attached to an aromatic ring is 1. The summed E-state index contributed by atoms with van der Waals surface area (Å²) < 4.78 is 6.64. The molecule has 0 bridgehead atoms. The number of H-pyrrole nitrogens is 1. The second-order valence-corrected chi connectivity index (χ2v) is 6.37. The monoisotopic (exact) mass is 354 g/mol. The molecule has 0 aliphatic carbocycles. The van der Waals surface area contributed by atoms with Crippen molar-refractivity contribution >= 4 is 22.7 Å². The summed E-state index contributed by atoms with van der Waals surface area (Å²) >= 11 is 1.33. The van der Waals surface area contributed by atoms with E-state index in [1.54, 1.807) is 24.5 Å². The molecule has 0 saturated carbocycles. The molecule has 0 unspecified atom stereocenters. The number of thioether (sulfide) groups is 1. The number of furan rings is 1. The van der Waals surface area contributed by atoms with E-state index in [1.165, 1.54) is 16.4 Å². The minimum Gasteiger partial charge on any atom is -0.461 e. The molecule has 0 spiro atoms. The van der Waals surface area contributed by atoms with Gasteiger partial charge in [0.2, 0.25) is 11.0 Å². The summed E-state index contributed by atoms with van der Waals surface area (Å²) in [6.45, 7) is 1.93. The predicted molar refractivity (Wildman–Crippen MR) is 94.5 cm³/mol. The smallest absolute Gasteiger partial charge is 0.258 e. The average Bonchev–Trinajstić information content (AvgIpc) is 3.24. The zero-order chi connectivity index (χ0) is 17.4. The topological polar surface area (TPSA) is 116 Å². The van der Waals surface area contributed by atoms with Gasteiger partial charge >= 0.3 is 0 Å². The molecule has 3 heterocycles. The van der Waals surface area contributed by atoms with Crippen LogP contribution in [0.1, 0.15) is 11.4 Å². The van der Waals surface area contributed by atoms with E-state index in [0.29, 0.717) is 39.2 Å². The van der Waals surface area contributed by atoms with E-state index >= 15 is 0 Å². The summed E-state index contributed by atoms with van der Waals surface area (Å²) in [6.07, 6.45) is 1.54. The summed E-state index contributed by atoms with van der Waals surface area (Å²) in [7, 11) is 0. The van der Waals surface area contributed by atoms with Gasteiger partial charge in [-0.1, -0.05) is 23.9 Å². The minimum absolute atomic E-state index is 0.158. The lowest BCUT2D eigenvalue weighted by atomic mass is 10.1. The Hall–Kier alpha value is -3.07. The molecule has 8 nitrogen and oxygen atoms in total. The number of nitrogens with two attached hydrogens (primary N) is 1. The number of aryl methyl sites for hydroxylation is 1. The van der Waals surface area contributed by atoms with Crippen LogP contribution in [-0.2, 0) is 5.75 Å². The molecule has 0 amide bonds. The standard InChI is InChI=1S/C16H14N6O2S/c1-9-4-2-5-10-13(9)18-12(19-15(10)23)8-25-16-21-20-14(22(16)17)11-6-3-7-24-11/h2-7H,8,17H2,1H3,(H,18,19,23). The molecule has 0 saturated heterocycles. The van der Waals surface area contributed by atoms with E-state index < -0.39 is 0 Å². The van der Waals surface area contributed by atoms with Gasteiger partial charge in [0.25, 0.3) is 5.56 Å². The maximum atomic E-state index is 12.2. The zero-order valence-corrected chi connectivity index (χ0v) is 14.1. The van der Waals surface area contributed by atoms with Crippen LogP contribution >= 0.6 is 11.8 Å². The van der Waals surface area contributed by atoms with Crippen LogP contribution in [-0.4, -0.2) is 24.8 Å². The number of fused-ring (bicyclic) bond motifs is 1. The van der Waals surface area contributed by atoms with Crippen LogP contribution in [0.15, 0.2) is 51.0 Å². The maximum absolute atomic E-state index is 12.2. The fourth-order valence-electron chi connectivity index (χ4n) is 2.50. The minimum atomic E-state index is -0.158. The number of aromatic amines is 1. The van der Waals surface area contributed by atoms with E-state index in [-0.39, 0.29) is 5.56 Å². The van der Waals surface area contributed by atoms with Gasteiger partial charge in [-0.15, -0.1) is 10.2 Å². The first-order valence-electron chi connectivity index (χ1n) is 7.49. The summed E-state index contributed by atoms with van der Waals surface area (Å²) in [5.41, 5.74) is 1.50. The number of nitrogens with one attached hydrogen (secondary N) is 1. The highest BCUT2D eigenvalue weighted by atomic mass is 32.2. The highest BCUT2D eigenvalue weighted by molar-refractivity contribution is 7.98. The lowest BCUT2D eigenvalue weighted by Gasteiger charge is -2.05. The third-order valence-electron chi connectivity index (χ3n) is 3.73. The number of hydrogen-bond donors (Lipinski definition) is 2. The normalized spacial score (nSPS) is 11.2. The average molecular weight is 354 g/mol. The first-order valence-corrected chi connectivity index (χ1v) is 8.48. The van der Waals surface area contributed by atoms with Crippen LogP contribution in [0.5, 0.6) is 0 Å². The number of para-hydroxylation sites is 1. The van der Waals surface area contributed by atoms with E-state index in [2.05, 4.69) is 20.2 Å². The van der Waals surface area contributed by atoms with Gasteiger partial charge in [-0.2, -0.15) is 0 Å². The zero-order valence-electron chi connectivity index (χ0n) is 13.3. The second-order valence-electron chi connectivity index (χ2n) is 5.43. The Morgan fingerprint density at radius 3 is 2.96 bits per heavy atom. The summed E-state index contributed by atoms with van der Waals surface area (Å²) in [6, 6.07) is 9.04. The van der Waals surface area contributed by atoms with E-state index in [4.69, 9.17) is 10.3 Å². The lowest BCUT2D eigenvalue weighted by molar-refractivity contribution is 0.574. The predicted octanol–water partition coefficient (Wildman–Crippen LogP) is 2.09. The van der Waals surface area contributed by atoms with Gasteiger partial charge in [-0.25, -0.2) is 9.66 Å². The highest BCUT2D eigenvalue weighted by Crippen LogP contribution is 2.24. The quantitative estimate of drug-likeness (QED) is 0.426. The summed E-state index contributed by atoms with van der Waals surface area (Å²) in [5, 5.41) is 9.17. The van der Waals surface area contributed by atoms with E-state index in [9.17, 15) is 4.79 Å². The van der Waals surface area contributed by atoms with Gasteiger partial charge in [0.15, 0.2) is 5.76 Å². The molecule has 0 aliphatic rings. The second kappa shape index (κ2) is 6.10. The van der Waals surface area contributed by atoms with Crippen molar-refractivity contribution in [3.63, 3.8) is 0 Å². The number of aromatic nitrogens is 5. The third-order valence-corrected chi connectivity index (χ3v) is 4.69. The number of benzene rings is 1. The van der Waals surface area contributed by atoms with Crippen LogP contribution in [0.2, 0.25) is 0 Å². The molecule has 1 aromatic carbocycles. The van der Waals surface area contributed by atoms with Gasteiger partial charge in [0, 0.05) is 0 Å². The Bertz CT molecular complexity index is 1100. The van der Waals surface area contributed by atoms with Crippen molar-refractivity contribution in [2.45, 2.75) is 17.8 Å². The molecule has 3 aromatic heterocycles. The van der Waals surface area contributed by atoms with Crippen LogP contribution in [0.3, 0.4) is 0 Å². The van der Waals surface area contributed by atoms with Crippen molar-refractivity contribution in [3.8, 4) is 11.6 Å². The Kier molecular flexibility index (Phi) is 3.77. The third kappa shape index (κ3) is 2.78. The van der Waals surface area contributed by atoms with Crippen LogP contribution in [0, 0.1) is 6.92 Å². The molecule has 25 heavy (non-hydrogen) atoms. The van der Waals surface area contributed by atoms with Gasteiger partial charge in [-0.05, 0) is 30.7 Å². The largest absolute Gasteiger partial charge is 0.461 e. The molecular weight excluding hydrogens is 340 g/mol. The van der Waals surface area contributed by atoms with Gasteiger partial charge in [0.05, 0.1) is 22.9 Å². The number of hydrogen-bond acceptors (Lipinski definition) is 7. The highest BCUT2D eigenvalue weighted by Gasteiger charge is 2.15. The Balaban J connectivity index is 1.61. The number of rotatable bonds is 4. The molecule has 3 N–H and O–H groups in total. The van der Waals surface area contributed by atoms with Crippen molar-refractivity contribution in [2.75, 3.05) is 5.84 Å². The summed E-state index contributed by atoms with van der Waals surface area (Å²) in [4.78, 5) is 19.6. The molecule has 4 rings (SSSR count). The molecule has 9 heteroatoms. The molecule has 4 aromatic rings. The van der Waals surface area contributed by atoms with E-state index in [0.717, 1.165) is 5.56 Å².